The Bertz CT molecular complexity index is 526. The zero-order valence-electron chi connectivity index (χ0n) is 11.2. The number of hydrogen-bond acceptors (Lipinski definition) is 4. The van der Waals surface area contributed by atoms with Crippen molar-refractivity contribution in [3.05, 3.63) is 46.4 Å². The normalized spacial score (nSPS) is 9.80. The van der Waals surface area contributed by atoms with E-state index < -0.39 is 0 Å². The molecule has 2 aromatic rings. The molecule has 2 rings (SSSR count). The second-order valence-electron chi connectivity index (χ2n) is 3.53. The molecule has 6 heteroatoms. The molecule has 0 saturated heterocycles. The minimum absolute atomic E-state index is 0.570. The average Bonchev–Trinajstić information content (AvgIpc) is 2.46. The van der Waals surface area contributed by atoms with Crippen LogP contribution in [0, 0.1) is 0 Å². The molecule has 0 fully saturated rings. The molecule has 108 valence electrons. The van der Waals surface area contributed by atoms with Gasteiger partial charge in [0.2, 0.25) is 0 Å². The number of rotatable bonds is 3. The molecule has 0 aliphatic carbocycles. The summed E-state index contributed by atoms with van der Waals surface area (Å²) in [6.45, 7) is 4.00. The molecule has 2 aromatic carbocycles. The van der Waals surface area contributed by atoms with Gasteiger partial charge in [-0.3, -0.25) is 0 Å². The number of hydrogen-bond donors (Lipinski definition) is 2. The second-order valence-corrected chi connectivity index (χ2v) is 6.62. The zero-order valence-corrected chi connectivity index (χ0v) is 14.3. The van der Waals surface area contributed by atoms with Gasteiger partial charge in [-0.05, 0) is 36.4 Å². The van der Waals surface area contributed by atoms with Crippen molar-refractivity contribution < 1.29 is 0 Å². The number of halogens is 2. The van der Waals surface area contributed by atoms with Crippen molar-refractivity contribution in [3.8, 4) is 0 Å². The van der Waals surface area contributed by atoms with E-state index >= 15 is 0 Å². The summed E-state index contributed by atoms with van der Waals surface area (Å²) < 4.78 is 0. The summed E-state index contributed by atoms with van der Waals surface area (Å²) in [7, 11) is 3.18. The summed E-state index contributed by atoms with van der Waals surface area (Å²) in [4.78, 5) is 2.07. The van der Waals surface area contributed by atoms with E-state index in [1.807, 2.05) is 38.1 Å². The predicted molar refractivity (Wildman–Crippen MR) is 94.8 cm³/mol. The van der Waals surface area contributed by atoms with E-state index in [0.29, 0.717) is 21.4 Å². The van der Waals surface area contributed by atoms with E-state index in [-0.39, 0.29) is 0 Å². The van der Waals surface area contributed by atoms with Crippen LogP contribution < -0.4 is 11.5 Å². The third kappa shape index (κ3) is 5.02. The van der Waals surface area contributed by atoms with E-state index in [0.717, 1.165) is 9.79 Å². The molecule has 2 nitrogen and oxygen atoms in total. The molecule has 0 heterocycles. The monoisotopic (exact) mass is 346 g/mol. The first-order valence-corrected chi connectivity index (χ1v) is 8.91. The van der Waals surface area contributed by atoms with Crippen LogP contribution in [0.5, 0.6) is 0 Å². The Labute approximate surface area is 137 Å². The fourth-order valence-electron chi connectivity index (χ4n) is 1.24. The van der Waals surface area contributed by atoms with Crippen molar-refractivity contribution in [3.63, 3.8) is 0 Å². The highest BCUT2D eigenvalue weighted by Gasteiger charge is 2.03. The lowest BCUT2D eigenvalue weighted by atomic mass is 10.3. The van der Waals surface area contributed by atoms with Crippen LogP contribution in [0.4, 0.5) is 11.4 Å². The fourth-order valence-corrected chi connectivity index (χ4v) is 3.47. The fraction of sp³-hybridized carbons (Fsp3) is 0.143. The summed E-state index contributed by atoms with van der Waals surface area (Å²) in [5.74, 6) is 0. The number of anilines is 2. The molecule has 0 aliphatic heterocycles. The first-order valence-electron chi connectivity index (χ1n) is 6.01. The van der Waals surface area contributed by atoms with Crippen LogP contribution in [0.3, 0.4) is 0 Å². The van der Waals surface area contributed by atoms with Crippen molar-refractivity contribution in [2.45, 2.75) is 23.6 Å². The van der Waals surface area contributed by atoms with E-state index in [4.69, 9.17) is 34.7 Å². The molecular weight excluding hydrogens is 331 g/mol. The third-order valence-electron chi connectivity index (χ3n) is 2.17. The maximum Gasteiger partial charge on any atom is 0.0636 e. The molecule has 0 spiro atoms. The van der Waals surface area contributed by atoms with Crippen LogP contribution in [-0.4, -0.2) is 0 Å². The highest BCUT2D eigenvalue weighted by atomic mass is 35.5. The summed E-state index contributed by atoms with van der Waals surface area (Å²) in [6, 6.07) is 11.1. The molecule has 20 heavy (non-hydrogen) atoms. The Morgan fingerprint density at radius 3 is 1.40 bits per heavy atom. The molecule has 0 radical (unpaired) electrons. The minimum atomic E-state index is 0.570. The molecule has 0 aromatic heterocycles. The molecule has 0 aliphatic rings. The number of nitrogens with two attached hydrogens (primary N) is 2. The highest BCUT2D eigenvalue weighted by Crippen LogP contribution is 2.40. The maximum absolute atomic E-state index is 5.86. The van der Waals surface area contributed by atoms with E-state index in [1.54, 1.807) is 33.7 Å². The van der Waals surface area contributed by atoms with Gasteiger partial charge in [0.25, 0.3) is 0 Å². The predicted octanol–water partition coefficient (Wildman–Crippen LogP) is 5.98. The molecule has 0 unspecified atom stereocenters. The van der Waals surface area contributed by atoms with E-state index in [9.17, 15) is 0 Å². The van der Waals surface area contributed by atoms with Crippen molar-refractivity contribution in [2.75, 3.05) is 11.5 Å². The van der Waals surface area contributed by atoms with Gasteiger partial charge in [0.05, 0.1) is 21.4 Å². The molecule has 0 bridgehead atoms. The zero-order chi connectivity index (χ0) is 15.1. The van der Waals surface area contributed by atoms with Gasteiger partial charge in [0.15, 0.2) is 0 Å². The Morgan fingerprint density at radius 2 is 1.10 bits per heavy atom. The van der Waals surface area contributed by atoms with Gasteiger partial charge in [-0.1, -0.05) is 58.6 Å². The average molecular weight is 347 g/mol. The topological polar surface area (TPSA) is 52.0 Å². The maximum atomic E-state index is 5.86. The molecule has 0 amide bonds. The Hall–Kier alpha value is -0.680. The lowest BCUT2D eigenvalue weighted by Crippen LogP contribution is -1.86. The van der Waals surface area contributed by atoms with Gasteiger partial charge in [-0.15, -0.1) is 0 Å². The summed E-state index contributed by atoms with van der Waals surface area (Å²) in [5.41, 5.74) is 12.6. The van der Waals surface area contributed by atoms with Crippen molar-refractivity contribution in [1.29, 1.82) is 0 Å². The van der Waals surface area contributed by atoms with Gasteiger partial charge in [-0.2, -0.15) is 0 Å². The van der Waals surface area contributed by atoms with Crippen LogP contribution in [-0.2, 0) is 0 Å². The van der Waals surface area contributed by atoms with Gasteiger partial charge < -0.3 is 11.5 Å². The molecular formula is C14H16Cl2N2S2. The Kier molecular flexibility index (Phi) is 7.45. The summed E-state index contributed by atoms with van der Waals surface area (Å²) in [5, 5.41) is 1.14. The van der Waals surface area contributed by atoms with Gasteiger partial charge in [0, 0.05) is 9.79 Å². The van der Waals surface area contributed by atoms with Crippen molar-refractivity contribution in [1.82, 2.24) is 0 Å². The molecule has 4 N–H and O–H groups in total. The summed E-state index contributed by atoms with van der Waals surface area (Å²) >= 11 is 11.7. The Morgan fingerprint density at radius 1 is 0.750 bits per heavy atom. The van der Waals surface area contributed by atoms with Gasteiger partial charge >= 0.3 is 0 Å². The summed E-state index contributed by atoms with van der Waals surface area (Å²) in [6.07, 6.45) is 0. The van der Waals surface area contributed by atoms with Crippen LogP contribution in [0.25, 0.3) is 0 Å². The van der Waals surface area contributed by atoms with Crippen LogP contribution in [0.1, 0.15) is 13.8 Å². The van der Waals surface area contributed by atoms with Crippen molar-refractivity contribution in [2.24, 2.45) is 0 Å². The van der Waals surface area contributed by atoms with E-state index in [2.05, 4.69) is 0 Å². The minimum Gasteiger partial charge on any atom is -0.397 e. The standard InChI is InChI=1S/C12H10Cl2N2S2.C2H6/c13-9-3-1-7(5-11(9)15)17-18-8-2-4-10(14)12(16)6-8;1-2/h1-6H,15-16H2;1-2H3. The third-order valence-corrected chi connectivity index (χ3v) is 5.24. The number of benzene rings is 2. The van der Waals surface area contributed by atoms with E-state index in [1.165, 1.54) is 0 Å². The lowest BCUT2D eigenvalue weighted by molar-refractivity contribution is 1.46. The quantitative estimate of drug-likeness (QED) is 0.529. The van der Waals surface area contributed by atoms with Gasteiger partial charge in [0.1, 0.15) is 0 Å². The first-order chi connectivity index (χ1) is 9.56. The largest absolute Gasteiger partial charge is 0.397 e. The van der Waals surface area contributed by atoms with Crippen LogP contribution >= 0.6 is 44.8 Å². The Balaban J connectivity index is 0.000000956. The van der Waals surface area contributed by atoms with Gasteiger partial charge in [-0.25, -0.2) is 0 Å². The van der Waals surface area contributed by atoms with Crippen LogP contribution in [0.2, 0.25) is 10.0 Å². The second kappa shape index (κ2) is 8.57. The smallest absolute Gasteiger partial charge is 0.0636 e. The SMILES string of the molecule is CC.Nc1cc(SSc2ccc(Cl)c(N)c2)ccc1Cl. The first kappa shape index (κ1) is 17.4. The van der Waals surface area contributed by atoms with Crippen LogP contribution in [0.15, 0.2) is 46.2 Å². The number of nitrogen functional groups attached to an aromatic ring is 2. The lowest BCUT2D eigenvalue weighted by Gasteiger charge is -2.05. The molecule has 0 saturated carbocycles. The highest BCUT2D eigenvalue weighted by molar-refractivity contribution is 8.76. The van der Waals surface area contributed by atoms with Crippen molar-refractivity contribution >= 4 is 56.2 Å². The molecule has 0 atom stereocenters.